The van der Waals surface area contributed by atoms with Crippen molar-refractivity contribution in [3.8, 4) is 22.6 Å². The molecule has 11 rings (SSSR count). The predicted molar refractivity (Wildman–Crippen MR) is 241 cm³/mol. The van der Waals surface area contributed by atoms with Crippen molar-refractivity contribution in [3.63, 3.8) is 0 Å². The van der Waals surface area contributed by atoms with Gasteiger partial charge in [-0.1, -0.05) is 134 Å². The van der Waals surface area contributed by atoms with Crippen molar-refractivity contribution < 1.29 is 9.15 Å². The Hall–Kier alpha value is -7.56. The van der Waals surface area contributed by atoms with E-state index in [2.05, 4.69) is 174 Å². The second kappa shape index (κ2) is 13.9. The molecule has 9 aromatic rings. The lowest BCUT2D eigenvalue weighted by atomic mass is 9.97. The van der Waals surface area contributed by atoms with Crippen LogP contribution < -0.4 is 9.64 Å². The molecule has 0 amide bonds. The lowest BCUT2D eigenvalue weighted by Crippen LogP contribution is -2.19. The van der Waals surface area contributed by atoms with Crippen LogP contribution in [0.2, 0.25) is 0 Å². The van der Waals surface area contributed by atoms with Crippen LogP contribution in [0.25, 0.3) is 66.1 Å². The Morgan fingerprint density at radius 3 is 2.03 bits per heavy atom. The Bertz CT molecular complexity index is 3170. The maximum Gasteiger partial charge on any atom is 0.143 e. The van der Waals surface area contributed by atoms with E-state index >= 15 is 0 Å². The average Bonchev–Trinajstić information content (AvgIpc) is 3.82. The summed E-state index contributed by atoms with van der Waals surface area (Å²) in [6.07, 6.45) is 12.3. The van der Waals surface area contributed by atoms with Gasteiger partial charge in [-0.2, -0.15) is 0 Å². The summed E-state index contributed by atoms with van der Waals surface area (Å²) in [5.41, 5.74) is 14.0. The van der Waals surface area contributed by atoms with E-state index in [0.717, 1.165) is 91.2 Å². The molecule has 0 N–H and O–H groups in total. The van der Waals surface area contributed by atoms with Gasteiger partial charge >= 0.3 is 0 Å². The van der Waals surface area contributed by atoms with Crippen molar-refractivity contribution in [2.24, 2.45) is 0 Å². The van der Waals surface area contributed by atoms with Gasteiger partial charge < -0.3 is 18.6 Å². The number of nitrogens with zero attached hydrogens (tertiary/aromatic N) is 2. The van der Waals surface area contributed by atoms with Crippen LogP contribution in [0, 0.1) is 0 Å². The normalized spacial score (nSPS) is 15.6. The van der Waals surface area contributed by atoms with Gasteiger partial charge in [-0.05, 0) is 96.3 Å². The first-order valence-electron chi connectivity index (χ1n) is 19.8. The Morgan fingerprint density at radius 1 is 0.552 bits per heavy atom. The zero-order chi connectivity index (χ0) is 38.6. The van der Waals surface area contributed by atoms with Gasteiger partial charge in [0, 0.05) is 55.4 Å². The number of hydrogen-bond acceptors (Lipinski definition) is 3. The van der Waals surface area contributed by atoms with E-state index in [0.29, 0.717) is 0 Å². The van der Waals surface area contributed by atoms with Crippen molar-refractivity contribution in [2.75, 3.05) is 4.90 Å². The Labute approximate surface area is 336 Å². The summed E-state index contributed by atoms with van der Waals surface area (Å²) < 4.78 is 15.4. The Kier molecular flexibility index (Phi) is 8.07. The Balaban J connectivity index is 1.02. The summed E-state index contributed by atoms with van der Waals surface area (Å²) in [6.45, 7) is 4.25. The SMILES string of the molecule is C=C1/C=C\C=C(\C2=CC=C(N(c3ccc(-c4cccc5c4oc4ccccc45)cc3)c3cccc(-n4c5ccccc5c5ccccc54)c3)CC2)Oc2ccccc21. The summed E-state index contributed by atoms with van der Waals surface area (Å²) in [6, 6.07) is 58.0. The highest BCUT2D eigenvalue weighted by atomic mass is 16.5. The topological polar surface area (TPSA) is 30.5 Å². The lowest BCUT2D eigenvalue weighted by Gasteiger charge is -2.31. The minimum absolute atomic E-state index is 0.820. The zero-order valence-electron chi connectivity index (χ0n) is 31.8. The molecule has 58 heavy (non-hydrogen) atoms. The van der Waals surface area contributed by atoms with Gasteiger partial charge in [-0.25, -0.2) is 0 Å². The largest absolute Gasteiger partial charge is 0.456 e. The lowest BCUT2D eigenvalue weighted by molar-refractivity contribution is 0.429. The fourth-order valence-corrected chi connectivity index (χ4v) is 8.72. The van der Waals surface area contributed by atoms with Crippen molar-refractivity contribution in [1.29, 1.82) is 0 Å². The van der Waals surface area contributed by atoms with Crippen molar-refractivity contribution in [3.05, 3.63) is 223 Å². The third kappa shape index (κ3) is 5.69. The van der Waals surface area contributed by atoms with Crippen LogP contribution in [0.5, 0.6) is 5.75 Å². The number of fused-ring (bicyclic) bond motifs is 7. The van der Waals surface area contributed by atoms with Gasteiger partial charge in [-0.3, -0.25) is 0 Å². The molecule has 4 nitrogen and oxygen atoms in total. The molecule has 2 aromatic heterocycles. The molecule has 0 saturated heterocycles. The molecule has 0 fully saturated rings. The fraction of sp³-hybridized carbons (Fsp3) is 0.0370. The van der Waals surface area contributed by atoms with Crippen LogP contribution in [0.1, 0.15) is 18.4 Å². The predicted octanol–water partition coefficient (Wildman–Crippen LogP) is 14.6. The van der Waals surface area contributed by atoms with E-state index < -0.39 is 0 Å². The molecular formula is C54H38N2O2. The van der Waals surface area contributed by atoms with Crippen LogP contribution in [0.3, 0.4) is 0 Å². The number of hydrogen-bond donors (Lipinski definition) is 0. The molecule has 7 aromatic carbocycles. The van der Waals surface area contributed by atoms with Crippen molar-refractivity contribution >= 4 is 60.7 Å². The van der Waals surface area contributed by atoms with Crippen LogP contribution >= 0.6 is 0 Å². The smallest absolute Gasteiger partial charge is 0.143 e. The zero-order valence-corrected chi connectivity index (χ0v) is 31.8. The van der Waals surface area contributed by atoms with E-state index in [-0.39, 0.29) is 0 Å². The quantitative estimate of drug-likeness (QED) is 0.170. The molecule has 4 heteroatoms. The number of anilines is 2. The van der Waals surface area contributed by atoms with Gasteiger partial charge in [0.05, 0.1) is 11.0 Å². The summed E-state index contributed by atoms with van der Waals surface area (Å²) in [4.78, 5) is 2.41. The summed E-state index contributed by atoms with van der Waals surface area (Å²) in [7, 11) is 0. The van der Waals surface area contributed by atoms with E-state index in [1.807, 2.05) is 36.4 Å². The minimum Gasteiger partial charge on any atom is -0.456 e. The number of benzene rings is 7. The maximum atomic E-state index is 6.57. The van der Waals surface area contributed by atoms with Crippen LogP contribution in [-0.4, -0.2) is 4.57 Å². The number of rotatable bonds is 6. The summed E-state index contributed by atoms with van der Waals surface area (Å²) >= 11 is 0. The molecule has 1 aliphatic carbocycles. The number of para-hydroxylation sites is 5. The molecular weight excluding hydrogens is 709 g/mol. The molecule has 276 valence electrons. The van der Waals surface area contributed by atoms with Gasteiger partial charge in [0.1, 0.15) is 22.7 Å². The first-order chi connectivity index (χ1) is 28.7. The first-order valence-corrected chi connectivity index (χ1v) is 19.8. The second-order valence-electron chi connectivity index (χ2n) is 14.9. The van der Waals surface area contributed by atoms with Crippen molar-refractivity contribution in [2.45, 2.75) is 12.8 Å². The second-order valence-corrected chi connectivity index (χ2v) is 14.9. The van der Waals surface area contributed by atoms with Gasteiger partial charge in [0.15, 0.2) is 0 Å². The van der Waals surface area contributed by atoms with E-state index in [4.69, 9.17) is 9.15 Å². The van der Waals surface area contributed by atoms with E-state index in [9.17, 15) is 0 Å². The van der Waals surface area contributed by atoms with Crippen molar-refractivity contribution in [1.82, 2.24) is 4.57 Å². The molecule has 0 bridgehead atoms. The molecule has 1 aliphatic heterocycles. The van der Waals surface area contributed by atoms with Gasteiger partial charge in [0.25, 0.3) is 0 Å². The summed E-state index contributed by atoms with van der Waals surface area (Å²) in [5.74, 6) is 1.68. The highest BCUT2D eigenvalue weighted by molar-refractivity contribution is 6.10. The molecule has 0 radical (unpaired) electrons. The maximum absolute atomic E-state index is 6.57. The van der Waals surface area contributed by atoms with Gasteiger partial charge in [0.2, 0.25) is 0 Å². The summed E-state index contributed by atoms with van der Waals surface area (Å²) in [5, 5.41) is 4.75. The standard InChI is InChI=1S/C54H38N2O2/c1-36-13-10-26-51(57-52-24-8-4-16-43(36)52)38-29-33-40(34-30-38)55(39-31-27-37(28-32-39)44-20-12-21-48-47-19-5-9-25-53(47)58-54(44)48)41-14-11-15-42(35-41)56-49-22-6-2-17-45(49)46-18-3-7-23-50(46)56/h2-29,31-33,35H,1,30,34H2/b13-10-,51-26-. The average molecular weight is 747 g/mol. The third-order valence-electron chi connectivity index (χ3n) is 11.5. The fourth-order valence-electron chi connectivity index (χ4n) is 8.72. The molecule has 0 unspecified atom stereocenters. The first kappa shape index (κ1) is 33.8. The van der Waals surface area contributed by atoms with E-state index in [1.165, 1.54) is 27.5 Å². The number of furan rings is 1. The number of allylic oxidation sites excluding steroid dienone is 8. The number of ether oxygens (including phenoxy) is 1. The van der Waals surface area contributed by atoms with Gasteiger partial charge in [-0.15, -0.1) is 0 Å². The highest BCUT2D eigenvalue weighted by Crippen LogP contribution is 2.41. The molecule has 3 heterocycles. The van der Waals surface area contributed by atoms with Crippen LogP contribution in [0.15, 0.2) is 222 Å². The number of aromatic nitrogens is 1. The van der Waals surface area contributed by atoms with Crippen LogP contribution in [-0.2, 0) is 0 Å². The molecule has 0 atom stereocenters. The van der Waals surface area contributed by atoms with E-state index in [1.54, 1.807) is 0 Å². The molecule has 2 aliphatic rings. The highest BCUT2D eigenvalue weighted by Gasteiger charge is 2.22. The van der Waals surface area contributed by atoms with Crippen LogP contribution in [0.4, 0.5) is 11.4 Å². The molecule has 0 spiro atoms. The molecule has 0 saturated carbocycles. The monoisotopic (exact) mass is 746 g/mol. The Morgan fingerprint density at radius 2 is 1.24 bits per heavy atom. The minimum atomic E-state index is 0.820. The third-order valence-corrected chi connectivity index (χ3v) is 11.5.